The Hall–Kier alpha value is -3.79. The van der Waals surface area contributed by atoms with Crippen LogP contribution in [0.3, 0.4) is 0 Å². The molecule has 2 aromatic carbocycles. The lowest BCUT2D eigenvalue weighted by Crippen LogP contribution is -2.06. The summed E-state index contributed by atoms with van der Waals surface area (Å²) in [5.41, 5.74) is 2.02. The first-order valence-corrected chi connectivity index (χ1v) is 9.44. The number of imidazole rings is 1. The second kappa shape index (κ2) is 8.52. The van der Waals surface area contributed by atoms with E-state index >= 15 is 0 Å². The van der Waals surface area contributed by atoms with Crippen LogP contribution in [0, 0.1) is 0 Å². The standard InChI is InChI=1S/C20H19ClN6O4/c1-28-12-5-6-13-14(9-12)27(18(21)25-13)20-23-10-22-19(26-20)24-11-7-15(29-2)17(31-4)16(8-11)30-3/h5-10H,1-4H3,(H,22,23,24,26). The van der Waals surface area contributed by atoms with Gasteiger partial charge in [0.15, 0.2) is 11.5 Å². The largest absolute Gasteiger partial charge is 0.497 e. The summed E-state index contributed by atoms with van der Waals surface area (Å²) in [6, 6.07) is 8.92. The number of aromatic nitrogens is 5. The van der Waals surface area contributed by atoms with Crippen LogP contribution in [0.5, 0.6) is 23.0 Å². The fourth-order valence-electron chi connectivity index (χ4n) is 3.08. The number of ether oxygens (including phenoxy) is 4. The third kappa shape index (κ3) is 3.84. The topological polar surface area (TPSA) is 105 Å². The molecule has 0 aliphatic rings. The normalized spacial score (nSPS) is 10.7. The van der Waals surface area contributed by atoms with E-state index in [0.717, 1.165) is 0 Å². The molecule has 0 aliphatic carbocycles. The molecule has 0 fully saturated rings. The van der Waals surface area contributed by atoms with E-state index in [1.807, 2.05) is 12.1 Å². The molecule has 0 bridgehead atoms. The molecule has 4 aromatic rings. The van der Waals surface area contributed by atoms with Crippen LogP contribution in [0.1, 0.15) is 0 Å². The Labute approximate surface area is 182 Å². The number of anilines is 2. The zero-order valence-corrected chi connectivity index (χ0v) is 18.0. The van der Waals surface area contributed by atoms with Crippen LogP contribution in [0.2, 0.25) is 5.28 Å². The predicted molar refractivity (Wildman–Crippen MR) is 115 cm³/mol. The summed E-state index contributed by atoms with van der Waals surface area (Å²) in [6.45, 7) is 0. The minimum atomic E-state index is 0.216. The molecule has 0 spiro atoms. The Balaban J connectivity index is 1.74. The highest BCUT2D eigenvalue weighted by molar-refractivity contribution is 6.29. The Morgan fingerprint density at radius 1 is 0.871 bits per heavy atom. The predicted octanol–water partition coefficient (Wildman–Crippen LogP) is 3.64. The smallest absolute Gasteiger partial charge is 0.241 e. The fraction of sp³-hybridized carbons (Fsp3) is 0.200. The minimum absolute atomic E-state index is 0.216. The molecule has 2 aromatic heterocycles. The molecule has 0 unspecified atom stereocenters. The molecule has 11 heteroatoms. The number of halogens is 1. The van der Waals surface area contributed by atoms with E-state index in [4.69, 9.17) is 30.5 Å². The monoisotopic (exact) mass is 442 g/mol. The van der Waals surface area contributed by atoms with E-state index in [0.29, 0.717) is 51.6 Å². The van der Waals surface area contributed by atoms with E-state index < -0.39 is 0 Å². The number of fused-ring (bicyclic) bond motifs is 1. The van der Waals surface area contributed by atoms with Crippen LogP contribution < -0.4 is 24.3 Å². The second-order valence-electron chi connectivity index (χ2n) is 6.22. The molecular weight excluding hydrogens is 424 g/mol. The van der Waals surface area contributed by atoms with Gasteiger partial charge in [0.25, 0.3) is 0 Å². The molecule has 0 saturated carbocycles. The zero-order chi connectivity index (χ0) is 22.0. The lowest BCUT2D eigenvalue weighted by Gasteiger charge is -2.14. The van der Waals surface area contributed by atoms with E-state index in [2.05, 4.69) is 25.3 Å². The van der Waals surface area contributed by atoms with Crippen molar-refractivity contribution < 1.29 is 18.9 Å². The summed E-state index contributed by atoms with van der Waals surface area (Å²) in [7, 11) is 6.22. The zero-order valence-electron chi connectivity index (χ0n) is 17.2. The van der Waals surface area contributed by atoms with Gasteiger partial charge in [0, 0.05) is 23.9 Å². The molecule has 31 heavy (non-hydrogen) atoms. The third-order valence-electron chi connectivity index (χ3n) is 4.50. The Bertz CT molecular complexity index is 1220. The lowest BCUT2D eigenvalue weighted by atomic mass is 10.2. The highest BCUT2D eigenvalue weighted by Gasteiger charge is 2.16. The van der Waals surface area contributed by atoms with Gasteiger partial charge in [-0.15, -0.1) is 0 Å². The van der Waals surface area contributed by atoms with Gasteiger partial charge in [-0.1, -0.05) is 0 Å². The first-order valence-electron chi connectivity index (χ1n) is 9.06. The van der Waals surface area contributed by atoms with Crippen LogP contribution in [0.4, 0.5) is 11.6 Å². The summed E-state index contributed by atoms with van der Waals surface area (Å²) in [6.07, 6.45) is 1.38. The molecule has 0 amide bonds. The van der Waals surface area contributed by atoms with Crippen molar-refractivity contribution in [3.63, 3.8) is 0 Å². The SMILES string of the molecule is COc1ccc2nc(Cl)n(-c3ncnc(Nc4cc(OC)c(OC)c(OC)c4)n3)c2c1. The molecule has 0 radical (unpaired) electrons. The fourth-order valence-corrected chi connectivity index (χ4v) is 3.34. The number of hydrogen-bond donors (Lipinski definition) is 1. The van der Waals surface area contributed by atoms with E-state index in [9.17, 15) is 0 Å². The molecule has 1 N–H and O–H groups in total. The highest BCUT2D eigenvalue weighted by Crippen LogP contribution is 2.40. The molecule has 0 saturated heterocycles. The summed E-state index contributed by atoms with van der Waals surface area (Å²) >= 11 is 6.37. The average Bonchev–Trinajstić information content (AvgIpc) is 3.13. The average molecular weight is 443 g/mol. The van der Waals surface area contributed by atoms with E-state index in [1.165, 1.54) is 6.33 Å². The van der Waals surface area contributed by atoms with Crippen LogP contribution in [0.15, 0.2) is 36.7 Å². The van der Waals surface area contributed by atoms with Gasteiger partial charge in [0.05, 0.1) is 39.5 Å². The van der Waals surface area contributed by atoms with Crippen LogP contribution in [-0.4, -0.2) is 52.9 Å². The van der Waals surface area contributed by atoms with Crippen molar-refractivity contribution in [3.8, 4) is 28.9 Å². The number of nitrogens with one attached hydrogen (secondary N) is 1. The van der Waals surface area contributed by atoms with Crippen molar-refractivity contribution in [3.05, 3.63) is 41.9 Å². The maximum Gasteiger partial charge on any atom is 0.241 e. The van der Waals surface area contributed by atoms with Crippen molar-refractivity contribution in [2.45, 2.75) is 0 Å². The number of benzene rings is 2. The minimum Gasteiger partial charge on any atom is -0.497 e. The maximum absolute atomic E-state index is 6.37. The van der Waals surface area contributed by atoms with Crippen molar-refractivity contribution in [1.82, 2.24) is 24.5 Å². The number of rotatable bonds is 7. The quantitative estimate of drug-likeness (QED) is 0.459. The van der Waals surface area contributed by atoms with E-state index in [-0.39, 0.29) is 5.28 Å². The molecule has 4 rings (SSSR count). The van der Waals surface area contributed by atoms with Gasteiger partial charge in [-0.3, -0.25) is 4.57 Å². The molecular formula is C20H19ClN6O4. The van der Waals surface area contributed by atoms with Crippen molar-refractivity contribution in [2.24, 2.45) is 0 Å². The summed E-state index contributed by atoms with van der Waals surface area (Å²) in [5.74, 6) is 2.72. The van der Waals surface area contributed by atoms with Gasteiger partial charge >= 0.3 is 0 Å². The van der Waals surface area contributed by atoms with E-state index in [1.54, 1.807) is 51.2 Å². The summed E-state index contributed by atoms with van der Waals surface area (Å²) in [4.78, 5) is 17.3. The molecule has 0 aliphatic heterocycles. The van der Waals surface area contributed by atoms with Crippen molar-refractivity contribution in [2.75, 3.05) is 33.8 Å². The Kier molecular flexibility index (Phi) is 5.63. The van der Waals surface area contributed by atoms with Crippen LogP contribution in [-0.2, 0) is 0 Å². The first-order chi connectivity index (χ1) is 15.1. The van der Waals surface area contributed by atoms with Gasteiger partial charge in [0.1, 0.15) is 12.1 Å². The third-order valence-corrected chi connectivity index (χ3v) is 4.75. The Morgan fingerprint density at radius 2 is 1.61 bits per heavy atom. The van der Waals surface area contributed by atoms with Gasteiger partial charge < -0.3 is 24.3 Å². The Morgan fingerprint density at radius 3 is 2.26 bits per heavy atom. The van der Waals surface area contributed by atoms with Gasteiger partial charge in [-0.2, -0.15) is 4.98 Å². The van der Waals surface area contributed by atoms with Gasteiger partial charge in [-0.05, 0) is 23.7 Å². The lowest BCUT2D eigenvalue weighted by molar-refractivity contribution is 0.324. The number of hydrogen-bond acceptors (Lipinski definition) is 9. The highest BCUT2D eigenvalue weighted by atomic mass is 35.5. The van der Waals surface area contributed by atoms with Crippen LogP contribution >= 0.6 is 11.6 Å². The van der Waals surface area contributed by atoms with Crippen LogP contribution in [0.25, 0.3) is 17.0 Å². The maximum atomic E-state index is 6.37. The molecule has 10 nitrogen and oxygen atoms in total. The van der Waals surface area contributed by atoms with Crippen molar-refractivity contribution >= 4 is 34.3 Å². The first kappa shape index (κ1) is 20.5. The summed E-state index contributed by atoms with van der Waals surface area (Å²) in [5, 5.41) is 3.33. The molecule has 0 atom stereocenters. The van der Waals surface area contributed by atoms with Gasteiger partial charge in [0.2, 0.25) is 22.9 Å². The molecule has 2 heterocycles. The molecule has 160 valence electrons. The van der Waals surface area contributed by atoms with Gasteiger partial charge in [-0.25, -0.2) is 15.0 Å². The number of methoxy groups -OCH3 is 4. The number of nitrogens with zero attached hydrogens (tertiary/aromatic N) is 5. The second-order valence-corrected chi connectivity index (χ2v) is 6.56. The van der Waals surface area contributed by atoms with Crippen molar-refractivity contribution in [1.29, 1.82) is 0 Å². The summed E-state index contributed by atoms with van der Waals surface area (Å²) < 4.78 is 23.0.